The van der Waals surface area contributed by atoms with Gasteiger partial charge in [-0.05, 0) is 25.0 Å². The van der Waals surface area contributed by atoms with E-state index in [1.54, 1.807) is 0 Å². The minimum absolute atomic E-state index is 0.0821. The molecule has 1 aromatic rings. The van der Waals surface area contributed by atoms with Crippen molar-refractivity contribution in [3.63, 3.8) is 0 Å². The van der Waals surface area contributed by atoms with Gasteiger partial charge in [-0.3, -0.25) is 9.59 Å². The summed E-state index contributed by atoms with van der Waals surface area (Å²) in [6.07, 6.45) is 3.45. The van der Waals surface area contributed by atoms with E-state index in [-0.39, 0.29) is 23.7 Å². The molecule has 0 spiro atoms. The number of nitrogens with one attached hydrogen (secondary N) is 1. The molecule has 1 aromatic carbocycles. The van der Waals surface area contributed by atoms with Crippen LogP contribution in [-0.4, -0.2) is 19.0 Å². The summed E-state index contributed by atoms with van der Waals surface area (Å²) in [6.45, 7) is 0. The smallest absolute Gasteiger partial charge is 0.309 e. The van der Waals surface area contributed by atoms with Crippen LogP contribution >= 0.6 is 0 Å². The SMILES string of the molecule is COC(=O)[C@H]1CCCC[C@H]1C(=O)Nc1ccccc1. The number of esters is 1. The zero-order valence-electron chi connectivity index (χ0n) is 11.1. The highest BCUT2D eigenvalue weighted by Gasteiger charge is 2.36. The lowest BCUT2D eigenvalue weighted by atomic mass is 9.78. The summed E-state index contributed by atoms with van der Waals surface area (Å²) in [5, 5.41) is 2.87. The molecular formula is C15H19NO3. The van der Waals surface area contributed by atoms with Crippen molar-refractivity contribution in [2.24, 2.45) is 11.8 Å². The van der Waals surface area contributed by atoms with E-state index in [9.17, 15) is 9.59 Å². The second-order valence-corrected chi connectivity index (χ2v) is 4.88. The Morgan fingerprint density at radius 3 is 2.37 bits per heavy atom. The van der Waals surface area contributed by atoms with E-state index in [4.69, 9.17) is 4.74 Å². The van der Waals surface area contributed by atoms with Crippen LogP contribution in [0.1, 0.15) is 25.7 Å². The van der Waals surface area contributed by atoms with Crippen LogP contribution in [0.2, 0.25) is 0 Å². The van der Waals surface area contributed by atoms with Gasteiger partial charge in [0.2, 0.25) is 5.91 Å². The lowest BCUT2D eigenvalue weighted by Gasteiger charge is -2.28. The average molecular weight is 261 g/mol. The van der Waals surface area contributed by atoms with Crippen molar-refractivity contribution in [2.75, 3.05) is 12.4 Å². The second-order valence-electron chi connectivity index (χ2n) is 4.88. The third kappa shape index (κ3) is 3.34. The number of carbonyl (C=O) groups excluding carboxylic acids is 2. The van der Waals surface area contributed by atoms with Gasteiger partial charge in [0.05, 0.1) is 18.9 Å². The fourth-order valence-corrected chi connectivity index (χ4v) is 2.63. The van der Waals surface area contributed by atoms with E-state index >= 15 is 0 Å². The summed E-state index contributed by atoms with van der Waals surface area (Å²) in [4.78, 5) is 24.0. The van der Waals surface area contributed by atoms with Crippen LogP contribution in [0.5, 0.6) is 0 Å². The number of para-hydroxylation sites is 1. The Morgan fingerprint density at radius 2 is 1.74 bits per heavy atom. The van der Waals surface area contributed by atoms with Gasteiger partial charge < -0.3 is 10.1 Å². The number of methoxy groups -OCH3 is 1. The van der Waals surface area contributed by atoms with Gasteiger partial charge in [0, 0.05) is 5.69 Å². The molecule has 1 amide bonds. The minimum Gasteiger partial charge on any atom is -0.469 e. The molecule has 1 aliphatic carbocycles. The standard InChI is InChI=1S/C15H19NO3/c1-19-15(18)13-10-6-5-9-12(13)14(17)16-11-7-3-2-4-8-11/h2-4,7-8,12-13H,5-6,9-10H2,1H3,(H,16,17)/t12-,13+/m1/s1. The predicted octanol–water partition coefficient (Wildman–Crippen LogP) is 2.60. The highest BCUT2D eigenvalue weighted by molar-refractivity contribution is 5.95. The lowest BCUT2D eigenvalue weighted by Crippen LogP contribution is -2.36. The average Bonchev–Trinajstić information content (AvgIpc) is 2.47. The maximum absolute atomic E-state index is 12.3. The molecule has 102 valence electrons. The molecule has 19 heavy (non-hydrogen) atoms. The summed E-state index contributed by atoms with van der Waals surface area (Å²) in [5.41, 5.74) is 0.765. The van der Waals surface area contributed by atoms with Crippen LogP contribution in [0.4, 0.5) is 5.69 Å². The van der Waals surface area contributed by atoms with Crippen molar-refractivity contribution in [2.45, 2.75) is 25.7 Å². The van der Waals surface area contributed by atoms with Crippen molar-refractivity contribution in [3.05, 3.63) is 30.3 Å². The van der Waals surface area contributed by atoms with Crippen molar-refractivity contribution in [1.82, 2.24) is 0 Å². The van der Waals surface area contributed by atoms with Gasteiger partial charge in [0.25, 0.3) is 0 Å². The summed E-state index contributed by atoms with van der Waals surface area (Å²) < 4.78 is 4.80. The molecule has 1 fully saturated rings. The normalized spacial score (nSPS) is 22.6. The Hall–Kier alpha value is -1.84. The van der Waals surface area contributed by atoms with Crippen LogP contribution < -0.4 is 5.32 Å². The Balaban J connectivity index is 2.05. The Bertz CT molecular complexity index is 444. The molecule has 1 N–H and O–H groups in total. The molecule has 0 unspecified atom stereocenters. The summed E-state index contributed by atoms with van der Waals surface area (Å²) >= 11 is 0. The molecule has 0 radical (unpaired) electrons. The Morgan fingerprint density at radius 1 is 1.11 bits per heavy atom. The van der Waals surface area contributed by atoms with E-state index in [1.807, 2.05) is 30.3 Å². The number of ether oxygens (including phenoxy) is 1. The largest absolute Gasteiger partial charge is 0.469 e. The number of rotatable bonds is 3. The van der Waals surface area contributed by atoms with Gasteiger partial charge in [-0.2, -0.15) is 0 Å². The number of amides is 1. The molecule has 4 nitrogen and oxygen atoms in total. The molecule has 0 bridgehead atoms. The quantitative estimate of drug-likeness (QED) is 0.851. The zero-order chi connectivity index (χ0) is 13.7. The summed E-state index contributed by atoms with van der Waals surface area (Å²) in [5.74, 6) is -0.932. The zero-order valence-corrected chi connectivity index (χ0v) is 11.1. The van der Waals surface area contributed by atoms with Gasteiger partial charge in [0.15, 0.2) is 0 Å². The van der Waals surface area contributed by atoms with Gasteiger partial charge in [0.1, 0.15) is 0 Å². The Labute approximate surface area is 113 Å². The molecule has 1 saturated carbocycles. The number of benzene rings is 1. The summed E-state index contributed by atoms with van der Waals surface area (Å²) in [7, 11) is 1.38. The van der Waals surface area contributed by atoms with E-state index < -0.39 is 0 Å². The molecular weight excluding hydrogens is 242 g/mol. The van der Waals surface area contributed by atoms with Crippen molar-refractivity contribution < 1.29 is 14.3 Å². The highest BCUT2D eigenvalue weighted by atomic mass is 16.5. The molecule has 1 aliphatic rings. The van der Waals surface area contributed by atoms with Gasteiger partial charge in [-0.1, -0.05) is 31.0 Å². The Kier molecular flexibility index (Phi) is 4.55. The van der Waals surface area contributed by atoms with Crippen molar-refractivity contribution in [1.29, 1.82) is 0 Å². The van der Waals surface area contributed by atoms with E-state index in [0.717, 1.165) is 31.4 Å². The fraction of sp³-hybridized carbons (Fsp3) is 0.467. The van der Waals surface area contributed by atoms with E-state index in [0.29, 0.717) is 0 Å². The molecule has 2 atom stereocenters. The first-order valence-electron chi connectivity index (χ1n) is 6.66. The van der Waals surface area contributed by atoms with Crippen LogP contribution in [-0.2, 0) is 14.3 Å². The molecule has 4 heteroatoms. The fourth-order valence-electron chi connectivity index (χ4n) is 2.63. The van der Waals surface area contributed by atoms with Crippen LogP contribution in [0.25, 0.3) is 0 Å². The first-order chi connectivity index (χ1) is 9.22. The molecule has 0 heterocycles. The van der Waals surface area contributed by atoms with Crippen LogP contribution in [0.15, 0.2) is 30.3 Å². The first kappa shape index (κ1) is 13.6. The highest BCUT2D eigenvalue weighted by Crippen LogP contribution is 2.31. The maximum atomic E-state index is 12.3. The third-order valence-corrected chi connectivity index (χ3v) is 3.65. The number of hydrogen-bond donors (Lipinski definition) is 1. The van der Waals surface area contributed by atoms with Crippen LogP contribution in [0.3, 0.4) is 0 Å². The monoisotopic (exact) mass is 261 g/mol. The first-order valence-corrected chi connectivity index (χ1v) is 6.66. The van der Waals surface area contributed by atoms with Gasteiger partial charge >= 0.3 is 5.97 Å². The van der Waals surface area contributed by atoms with E-state index in [1.165, 1.54) is 7.11 Å². The topological polar surface area (TPSA) is 55.4 Å². The van der Waals surface area contributed by atoms with Crippen molar-refractivity contribution >= 4 is 17.6 Å². The minimum atomic E-state index is -0.303. The number of carbonyl (C=O) groups is 2. The second kappa shape index (κ2) is 6.36. The third-order valence-electron chi connectivity index (χ3n) is 3.65. The molecule has 0 saturated heterocycles. The van der Waals surface area contributed by atoms with Crippen LogP contribution in [0, 0.1) is 11.8 Å². The lowest BCUT2D eigenvalue weighted by molar-refractivity contribution is -0.151. The molecule has 0 aliphatic heterocycles. The van der Waals surface area contributed by atoms with Gasteiger partial charge in [-0.15, -0.1) is 0 Å². The molecule has 0 aromatic heterocycles. The maximum Gasteiger partial charge on any atom is 0.309 e. The van der Waals surface area contributed by atoms with E-state index in [2.05, 4.69) is 5.32 Å². The van der Waals surface area contributed by atoms with Gasteiger partial charge in [-0.25, -0.2) is 0 Å². The number of hydrogen-bond acceptors (Lipinski definition) is 3. The summed E-state index contributed by atoms with van der Waals surface area (Å²) in [6, 6.07) is 9.32. The van der Waals surface area contributed by atoms with Crippen molar-refractivity contribution in [3.8, 4) is 0 Å². The molecule has 2 rings (SSSR count). The predicted molar refractivity (Wildman–Crippen MR) is 72.5 cm³/mol. The number of anilines is 1.